The van der Waals surface area contributed by atoms with Gasteiger partial charge < -0.3 is 14.6 Å². The van der Waals surface area contributed by atoms with E-state index in [2.05, 4.69) is 76.6 Å². The molecule has 1 N–H and O–H groups in total. The molecule has 0 aliphatic carbocycles. The van der Waals surface area contributed by atoms with Gasteiger partial charge in [0.25, 0.3) is 0 Å². The molecule has 0 amide bonds. The number of nitrogens with zero attached hydrogens (tertiary/aromatic N) is 3. The van der Waals surface area contributed by atoms with Gasteiger partial charge in [-0.05, 0) is 29.8 Å². The predicted molar refractivity (Wildman–Crippen MR) is 153 cm³/mol. The number of aliphatic imine (C=N–C) groups is 2. The summed E-state index contributed by atoms with van der Waals surface area (Å²) >= 11 is 0. The van der Waals surface area contributed by atoms with E-state index in [0.29, 0.717) is 5.84 Å². The number of ether oxygens (including phenoxy) is 1. The lowest BCUT2D eigenvalue weighted by Gasteiger charge is -2.24. The van der Waals surface area contributed by atoms with Gasteiger partial charge in [0.1, 0.15) is 12.0 Å². The van der Waals surface area contributed by atoms with Crippen LogP contribution in [0.25, 0.3) is 27.5 Å². The van der Waals surface area contributed by atoms with E-state index in [4.69, 9.17) is 14.7 Å². The summed E-state index contributed by atoms with van der Waals surface area (Å²) in [4.78, 5) is 10.2. The summed E-state index contributed by atoms with van der Waals surface area (Å²) in [5.41, 5.74) is 6.32. The summed E-state index contributed by atoms with van der Waals surface area (Å²) < 4.78 is 8.63. The fourth-order valence-electron chi connectivity index (χ4n) is 5.57. The van der Waals surface area contributed by atoms with Crippen LogP contribution in [0, 0.1) is 0 Å². The van der Waals surface area contributed by atoms with E-state index in [9.17, 15) is 0 Å². The minimum absolute atomic E-state index is 0.252. The zero-order valence-corrected chi connectivity index (χ0v) is 20.4. The van der Waals surface area contributed by atoms with E-state index >= 15 is 0 Å². The first kappa shape index (κ1) is 21.0. The van der Waals surface area contributed by atoms with Gasteiger partial charge in [-0.1, -0.05) is 97.1 Å². The highest BCUT2D eigenvalue weighted by Gasteiger charge is 2.27. The molecule has 38 heavy (non-hydrogen) atoms. The molecule has 0 saturated heterocycles. The predicted octanol–water partition coefficient (Wildman–Crippen LogP) is 7.38. The van der Waals surface area contributed by atoms with Crippen molar-refractivity contribution < 1.29 is 4.74 Å². The molecule has 1 atom stereocenters. The van der Waals surface area contributed by atoms with Crippen molar-refractivity contribution in [2.75, 3.05) is 0 Å². The number of fused-ring (bicyclic) bond motifs is 5. The van der Waals surface area contributed by atoms with Crippen LogP contribution in [0.2, 0.25) is 0 Å². The zero-order chi connectivity index (χ0) is 25.1. The zero-order valence-electron chi connectivity index (χ0n) is 20.4. The monoisotopic (exact) mass is 490 g/mol. The third-order valence-corrected chi connectivity index (χ3v) is 7.25. The molecule has 8 rings (SSSR count). The number of benzene rings is 5. The molecule has 3 heterocycles. The fraction of sp³-hybridized carbons (Fsp3) is 0.0303. The molecule has 2 aliphatic heterocycles. The Labute approximate surface area is 219 Å². The van der Waals surface area contributed by atoms with E-state index in [1.807, 2.05) is 54.6 Å². The molecule has 5 heteroatoms. The quantitative estimate of drug-likeness (QED) is 0.281. The minimum Gasteiger partial charge on any atom is -0.453 e. The van der Waals surface area contributed by atoms with Gasteiger partial charge >= 0.3 is 0 Å². The van der Waals surface area contributed by atoms with Crippen LogP contribution in [0.1, 0.15) is 22.9 Å². The molecule has 0 radical (unpaired) electrons. The van der Waals surface area contributed by atoms with Crippen molar-refractivity contribution in [3.05, 3.63) is 138 Å². The van der Waals surface area contributed by atoms with E-state index in [1.165, 1.54) is 0 Å². The normalized spacial score (nSPS) is 15.8. The Kier molecular flexibility index (Phi) is 4.52. The van der Waals surface area contributed by atoms with Crippen LogP contribution in [0.4, 0.5) is 0 Å². The Bertz CT molecular complexity index is 1920. The molecular weight excluding hydrogens is 468 g/mol. The molecule has 6 aromatic rings. The van der Waals surface area contributed by atoms with Crippen LogP contribution in [0.5, 0.6) is 11.5 Å². The van der Waals surface area contributed by atoms with Crippen molar-refractivity contribution in [1.82, 2.24) is 9.88 Å². The summed E-state index contributed by atoms with van der Waals surface area (Å²) in [5, 5.41) is 5.80. The minimum atomic E-state index is -0.252. The SMILES string of the molecule is c1ccc(C2=NC(c3cccc4c3c3cccc5c3n4-c3ccccc3O5)=NC(c3ccccc3)N2)cc1. The smallest absolute Gasteiger partial charge is 0.160 e. The van der Waals surface area contributed by atoms with Gasteiger partial charge in [0.2, 0.25) is 0 Å². The van der Waals surface area contributed by atoms with Crippen molar-refractivity contribution >= 4 is 33.5 Å². The summed E-state index contributed by atoms with van der Waals surface area (Å²) in [6, 6.07) is 41.4. The Morgan fingerprint density at radius 2 is 1.42 bits per heavy atom. The molecule has 0 bridgehead atoms. The van der Waals surface area contributed by atoms with Crippen molar-refractivity contribution in [1.29, 1.82) is 0 Å². The van der Waals surface area contributed by atoms with Crippen molar-refractivity contribution in [2.45, 2.75) is 6.17 Å². The van der Waals surface area contributed by atoms with Crippen LogP contribution >= 0.6 is 0 Å². The molecule has 5 aromatic carbocycles. The topological polar surface area (TPSA) is 50.9 Å². The van der Waals surface area contributed by atoms with E-state index in [0.717, 1.165) is 61.5 Å². The van der Waals surface area contributed by atoms with Gasteiger partial charge in [-0.15, -0.1) is 0 Å². The highest BCUT2D eigenvalue weighted by atomic mass is 16.5. The molecule has 0 fully saturated rings. The number of amidine groups is 2. The summed E-state index contributed by atoms with van der Waals surface area (Å²) in [6.07, 6.45) is -0.252. The second-order valence-corrected chi connectivity index (χ2v) is 9.49. The van der Waals surface area contributed by atoms with Gasteiger partial charge in [-0.25, -0.2) is 9.98 Å². The van der Waals surface area contributed by atoms with Crippen LogP contribution in [-0.4, -0.2) is 16.2 Å². The molecule has 1 aromatic heterocycles. The van der Waals surface area contributed by atoms with Gasteiger partial charge in [0.15, 0.2) is 17.3 Å². The number of rotatable bonds is 3. The highest BCUT2D eigenvalue weighted by Crippen LogP contribution is 2.46. The molecule has 2 aliphatic rings. The molecule has 180 valence electrons. The molecular formula is C33H22N4O. The Morgan fingerprint density at radius 1 is 0.684 bits per heavy atom. The summed E-state index contributed by atoms with van der Waals surface area (Å²) in [5.74, 6) is 3.22. The first-order valence-electron chi connectivity index (χ1n) is 12.7. The van der Waals surface area contributed by atoms with Crippen LogP contribution in [0.15, 0.2) is 131 Å². The third-order valence-electron chi connectivity index (χ3n) is 7.25. The second-order valence-electron chi connectivity index (χ2n) is 9.49. The van der Waals surface area contributed by atoms with E-state index < -0.39 is 0 Å². The summed E-state index contributed by atoms with van der Waals surface area (Å²) in [6.45, 7) is 0. The van der Waals surface area contributed by atoms with Gasteiger partial charge in [-0.3, -0.25) is 0 Å². The van der Waals surface area contributed by atoms with Crippen molar-refractivity contribution in [2.24, 2.45) is 9.98 Å². The van der Waals surface area contributed by atoms with E-state index in [1.54, 1.807) is 0 Å². The largest absolute Gasteiger partial charge is 0.453 e. The third kappa shape index (κ3) is 3.12. The Morgan fingerprint density at radius 3 is 2.29 bits per heavy atom. The summed E-state index contributed by atoms with van der Waals surface area (Å²) in [7, 11) is 0. The lowest BCUT2D eigenvalue weighted by Crippen LogP contribution is -2.33. The van der Waals surface area contributed by atoms with E-state index in [-0.39, 0.29) is 6.17 Å². The van der Waals surface area contributed by atoms with Gasteiger partial charge in [-0.2, -0.15) is 0 Å². The lowest BCUT2D eigenvalue weighted by atomic mass is 10.0. The number of hydrogen-bond donors (Lipinski definition) is 1. The number of aromatic nitrogens is 1. The fourth-order valence-corrected chi connectivity index (χ4v) is 5.57. The second kappa shape index (κ2) is 8.18. The first-order valence-corrected chi connectivity index (χ1v) is 12.7. The van der Waals surface area contributed by atoms with Crippen molar-refractivity contribution in [3.8, 4) is 17.2 Å². The maximum Gasteiger partial charge on any atom is 0.160 e. The number of nitrogens with one attached hydrogen (secondary N) is 1. The standard InChI is InChI=1S/C33H22N4O/c1-3-11-21(12-4-1)31-34-32(22-13-5-2-6-14-22)36-33(35-31)24-16-9-18-26-29(24)23-15-10-20-28-30(23)37(26)25-17-7-8-19-27(25)38-28/h1-20,31H,(H,34,35,36). The van der Waals surface area contributed by atoms with Crippen LogP contribution < -0.4 is 10.1 Å². The first-order chi connectivity index (χ1) is 18.8. The average molecular weight is 491 g/mol. The van der Waals surface area contributed by atoms with Crippen LogP contribution in [0.3, 0.4) is 0 Å². The highest BCUT2D eigenvalue weighted by molar-refractivity contribution is 6.24. The average Bonchev–Trinajstić information content (AvgIpc) is 3.34. The van der Waals surface area contributed by atoms with Gasteiger partial charge in [0.05, 0.1) is 16.7 Å². The van der Waals surface area contributed by atoms with Crippen LogP contribution in [-0.2, 0) is 0 Å². The molecule has 5 nitrogen and oxygen atoms in total. The van der Waals surface area contributed by atoms with Crippen molar-refractivity contribution in [3.63, 3.8) is 0 Å². The number of para-hydroxylation sites is 3. The number of hydrogen-bond acceptors (Lipinski definition) is 4. The Hall–Kier alpha value is -5.16. The maximum absolute atomic E-state index is 6.33. The molecule has 0 spiro atoms. The Balaban J connectivity index is 1.41. The van der Waals surface area contributed by atoms with Gasteiger partial charge in [0, 0.05) is 21.9 Å². The maximum atomic E-state index is 6.33. The lowest BCUT2D eigenvalue weighted by molar-refractivity contribution is 0.476. The molecule has 1 unspecified atom stereocenters. The molecule has 0 saturated carbocycles.